The highest BCUT2D eigenvalue weighted by molar-refractivity contribution is 6.31. The minimum Gasteiger partial charge on any atom is -0.479 e. The number of esters is 1. The van der Waals surface area contributed by atoms with Crippen LogP contribution in [0.2, 0.25) is 5.02 Å². The Labute approximate surface area is 112 Å². The van der Waals surface area contributed by atoms with Crippen LogP contribution in [0.5, 0.6) is 5.75 Å². The highest BCUT2D eigenvalue weighted by Gasteiger charge is 2.18. The van der Waals surface area contributed by atoms with Gasteiger partial charge >= 0.3 is 5.97 Å². The highest BCUT2D eigenvalue weighted by atomic mass is 35.5. The van der Waals surface area contributed by atoms with E-state index in [1.807, 2.05) is 6.92 Å². The molecule has 0 bridgehead atoms. The minimum absolute atomic E-state index is 0.0410. The maximum atomic E-state index is 11.3. The Morgan fingerprint density at radius 2 is 2.11 bits per heavy atom. The molecule has 0 aliphatic carbocycles. The van der Waals surface area contributed by atoms with Gasteiger partial charge in [0.1, 0.15) is 5.75 Å². The zero-order chi connectivity index (χ0) is 13.7. The molecule has 0 aromatic heterocycles. The van der Waals surface area contributed by atoms with Crippen molar-refractivity contribution in [1.29, 1.82) is 0 Å². The first kappa shape index (κ1) is 14.8. The monoisotopic (exact) mass is 271 g/mol. The summed E-state index contributed by atoms with van der Waals surface area (Å²) in [6, 6.07) is 5.27. The molecular weight excluding hydrogens is 254 g/mol. The third-order valence-electron chi connectivity index (χ3n) is 2.44. The second-order valence-corrected chi connectivity index (χ2v) is 4.59. The van der Waals surface area contributed by atoms with Crippen molar-refractivity contribution in [3.8, 4) is 5.75 Å². The molecule has 5 heteroatoms. The zero-order valence-electron chi connectivity index (χ0n) is 10.8. The van der Waals surface area contributed by atoms with Gasteiger partial charge in [0, 0.05) is 16.6 Å². The number of hydrogen-bond donors (Lipinski definition) is 1. The molecule has 0 fully saturated rings. The fourth-order valence-electron chi connectivity index (χ4n) is 1.57. The van der Waals surface area contributed by atoms with Crippen LogP contribution in [0.25, 0.3) is 0 Å². The lowest BCUT2D eigenvalue weighted by Gasteiger charge is -2.17. The Kier molecular flexibility index (Phi) is 5.44. The van der Waals surface area contributed by atoms with E-state index in [1.54, 1.807) is 25.1 Å². The summed E-state index contributed by atoms with van der Waals surface area (Å²) in [5.41, 5.74) is 6.58. The van der Waals surface area contributed by atoms with Crippen molar-refractivity contribution >= 4 is 17.6 Å². The predicted octanol–water partition coefficient (Wildman–Crippen LogP) is 2.17. The molecule has 0 heterocycles. The maximum absolute atomic E-state index is 11.3. The van der Waals surface area contributed by atoms with Crippen LogP contribution in [0.15, 0.2) is 18.2 Å². The first-order valence-corrected chi connectivity index (χ1v) is 6.11. The van der Waals surface area contributed by atoms with Gasteiger partial charge in [0.25, 0.3) is 0 Å². The number of carbonyl (C=O) groups excluding carboxylic acids is 1. The van der Waals surface area contributed by atoms with Crippen LogP contribution < -0.4 is 10.5 Å². The van der Waals surface area contributed by atoms with E-state index in [-0.39, 0.29) is 6.04 Å². The van der Waals surface area contributed by atoms with E-state index < -0.39 is 12.1 Å². The van der Waals surface area contributed by atoms with Gasteiger partial charge in [-0.3, -0.25) is 0 Å². The van der Waals surface area contributed by atoms with Gasteiger partial charge < -0.3 is 15.2 Å². The molecule has 1 aromatic carbocycles. The summed E-state index contributed by atoms with van der Waals surface area (Å²) in [6.07, 6.45) is -0.0941. The molecule has 0 saturated heterocycles. The van der Waals surface area contributed by atoms with Gasteiger partial charge in [-0.1, -0.05) is 17.7 Å². The van der Waals surface area contributed by atoms with Crippen LogP contribution in [0.3, 0.4) is 0 Å². The molecule has 1 aromatic rings. The average Bonchev–Trinajstić information content (AvgIpc) is 2.32. The second-order valence-electron chi connectivity index (χ2n) is 4.18. The van der Waals surface area contributed by atoms with Crippen molar-refractivity contribution in [3.63, 3.8) is 0 Å². The van der Waals surface area contributed by atoms with Crippen molar-refractivity contribution < 1.29 is 14.3 Å². The van der Waals surface area contributed by atoms with Gasteiger partial charge in [0.05, 0.1) is 7.11 Å². The van der Waals surface area contributed by atoms with Crippen LogP contribution in [0, 0.1) is 0 Å². The number of halogens is 1. The summed E-state index contributed by atoms with van der Waals surface area (Å²) in [7, 11) is 1.32. The molecular formula is C13H18ClNO3. The lowest BCUT2D eigenvalue weighted by atomic mass is 10.1. The molecule has 0 aliphatic heterocycles. The molecule has 0 spiro atoms. The highest BCUT2D eigenvalue weighted by Crippen LogP contribution is 2.28. The van der Waals surface area contributed by atoms with Gasteiger partial charge in [-0.05, 0) is 32.4 Å². The lowest BCUT2D eigenvalue weighted by molar-refractivity contribution is -0.147. The summed E-state index contributed by atoms with van der Waals surface area (Å²) in [5, 5.41) is 0.585. The van der Waals surface area contributed by atoms with Gasteiger partial charge in [0.2, 0.25) is 0 Å². The summed E-state index contributed by atoms with van der Waals surface area (Å²) in [4.78, 5) is 11.3. The molecule has 0 amide bonds. The number of benzene rings is 1. The van der Waals surface area contributed by atoms with Gasteiger partial charge in [-0.2, -0.15) is 0 Å². The van der Waals surface area contributed by atoms with Gasteiger partial charge in [-0.25, -0.2) is 4.79 Å². The predicted molar refractivity (Wildman–Crippen MR) is 70.9 cm³/mol. The first-order valence-electron chi connectivity index (χ1n) is 5.73. The summed E-state index contributed by atoms with van der Waals surface area (Å²) < 4.78 is 10.2. The smallest absolute Gasteiger partial charge is 0.346 e. The van der Waals surface area contributed by atoms with Crippen molar-refractivity contribution in [3.05, 3.63) is 28.8 Å². The largest absolute Gasteiger partial charge is 0.479 e. The number of rotatable bonds is 5. The fraction of sp³-hybridized carbons (Fsp3) is 0.462. The van der Waals surface area contributed by atoms with E-state index >= 15 is 0 Å². The van der Waals surface area contributed by atoms with E-state index in [0.717, 1.165) is 5.56 Å². The molecule has 4 nitrogen and oxygen atoms in total. The van der Waals surface area contributed by atoms with E-state index in [2.05, 4.69) is 4.74 Å². The molecule has 2 atom stereocenters. The van der Waals surface area contributed by atoms with E-state index in [4.69, 9.17) is 22.1 Å². The third-order valence-corrected chi connectivity index (χ3v) is 2.79. The number of nitrogens with two attached hydrogens (primary N) is 1. The van der Waals surface area contributed by atoms with Crippen molar-refractivity contribution in [2.24, 2.45) is 5.73 Å². The molecule has 0 aliphatic rings. The molecule has 2 unspecified atom stereocenters. The zero-order valence-corrected chi connectivity index (χ0v) is 11.5. The van der Waals surface area contributed by atoms with Gasteiger partial charge in [0.15, 0.2) is 6.10 Å². The number of ether oxygens (including phenoxy) is 2. The Bertz CT molecular complexity index is 421. The van der Waals surface area contributed by atoms with Gasteiger partial charge in [-0.15, -0.1) is 0 Å². The second kappa shape index (κ2) is 6.61. The molecule has 18 heavy (non-hydrogen) atoms. The maximum Gasteiger partial charge on any atom is 0.346 e. The fourth-order valence-corrected chi connectivity index (χ4v) is 1.82. The van der Waals surface area contributed by atoms with E-state index in [0.29, 0.717) is 17.2 Å². The minimum atomic E-state index is -0.680. The van der Waals surface area contributed by atoms with Crippen LogP contribution in [0.1, 0.15) is 19.4 Å². The summed E-state index contributed by atoms with van der Waals surface area (Å²) in [5.74, 6) is 0.138. The lowest BCUT2D eigenvalue weighted by Crippen LogP contribution is -2.26. The molecule has 0 saturated carbocycles. The Morgan fingerprint density at radius 1 is 1.44 bits per heavy atom. The van der Waals surface area contributed by atoms with E-state index in [1.165, 1.54) is 7.11 Å². The van der Waals surface area contributed by atoms with Crippen LogP contribution in [0.4, 0.5) is 0 Å². The summed E-state index contributed by atoms with van der Waals surface area (Å²) >= 11 is 6.12. The number of methoxy groups -OCH3 is 1. The number of hydrogen-bond acceptors (Lipinski definition) is 4. The molecule has 0 radical (unpaired) electrons. The van der Waals surface area contributed by atoms with Crippen molar-refractivity contribution in [2.75, 3.05) is 7.11 Å². The Hall–Kier alpha value is -1.26. The molecule has 100 valence electrons. The van der Waals surface area contributed by atoms with Crippen LogP contribution in [-0.2, 0) is 16.0 Å². The van der Waals surface area contributed by atoms with Crippen LogP contribution in [-0.4, -0.2) is 25.2 Å². The Morgan fingerprint density at radius 3 is 2.67 bits per heavy atom. The molecule has 1 rings (SSSR count). The normalized spacial score (nSPS) is 13.8. The Balaban J connectivity index is 2.94. The summed E-state index contributed by atoms with van der Waals surface area (Å²) in [6.45, 7) is 3.51. The average molecular weight is 272 g/mol. The topological polar surface area (TPSA) is 61.5 Å². The van der Waals surface area contributed by atoms with E-state index in [9.17, 15) is 4.79 Å². The van der Waals surface area contributed by atoms with Crippen LogP contribution >= 0.6 is 11.6 Å². The van der Waals surface area contributed by atoms with Crippen molar-refractivity contribution in [1.82, 2.24) is 0 Å². The first-order chi connectivity index (χ1) is 8.45. The SMILES string of the molecule is COC(=O)C(C)Oc1cccc(Cl)c1CC(C)N. The third kappa shape index (κ3) is 3.89. The van der Waals surface area contributed by atoms with Crippen molar-refractivity contribution in [2.45, 2.75) is 32.4 Å². The quantitative estimate of drug-likeness (QED) is 0.834. The number of carbonyl (C=O) groups is 1. The molecule has 2 N–H and O–H groups in total. The standard InChI is InChI=1S/C13H18ClNO3/c1-8(15)7-10-11(14)5-4-6-12(10)18-9(2)13(16)17-3/h4-6,8-9H,7,15H2,1-3H3.